The average molecular weight is 174 g/mol. The maximum atomic E-state index is 10.7. The first kappa shape index (κ1) is 7.98. The molecule has 0 amide bonds. The van der Waals surface area contributed by atoms with Gasteiger partial charge in [0, 0.05) is 10.9 Å². The van der Waals surface area contributed by atoms with Crippen LogP contribution in [0.25, 0.3) is 10.9 Å². The number of aromatic amines is 1. The molecule has 66 valence electrons. The number of aldehydes is 1. The molecule has 1 heterocycles. The lowest BCUT2D eigenvalue weighted by atomic mass is 10.1. The van der Waals surface area contributed by atoms with E-state index in [2.05, 4.69) is 17.1 Å². The molecule has 0 saturated heterocycles. The Balaban J connectivity index is 2.81. The van der Waals surface area contributed by atoms with Gasteiger partial charge in [-0.1, -0.05) is 13.0 Å². The van der Waals surface area contributed by atoms with E-state index in [-0.39, 0.29) is 0 Å². The largest absolute Gasteiger partial charge is 0.298 e. The molecule has 0 bridgehead atoms. The minimum absolute atomic E-state index is 0.671. The van der Waals surface area contributed by atoms with Crippen LogP contribution in [0, 0.1) is 0 Å². The molecular weight excluding hydrogens is 164 g/mol. The van der Waals surface area contributed by atoms with Gasteiger partial charge in [-0.25, -0.2) is 0 Å². The lowest BCUT2D eigenvalue weighted by Crippen LogP contribution is -1.87. The molecule has 0 aliphatic rings. The molecule has 1 aromatic heterocycles. The number of hydrogen-bond acceptors (Lipinski definition) is 2. The van der Waals surface area contributed by atoms with Crippen molar-refractivity contribution >= 4 is 17.2 Å². The van der Waals surface area contributed by atoms with Gasteiger partial charge in [-0.15, -0.1) is 0 Å². The molecule has 1 aromatic carbocycles. The molecule has 2 rings (SSSR count). The third-order valence-corrected chi connectivity index (χ3v) is 2.25. The Morgan fingerprint density at radius 1 is 1.54 bits per heavy atom. The number of aryl methyl sites for hydroxylation is 1. The zero-order valence-electron chi connectivity index (χ0n) is 7.37. The van der Waals surface area contributed by atoms with E-state index < -0.39 is 0 Å². The fourth-order valence-corrected chi connectivity index (χ4v) is 1.52. The van der Waals surface area contributed by atoms with E-state index in [1.54, 1.807) is 6.20 Å². The van der Waals surface area contributed by atoms with Crippen molar-refractivity contribution in [2.75, 3.05) is 0 Å². The van der Waals surface area contributed by atoms with Gasteiger partial charge in [0.2, 0.25) is 0 Å². The lowest BCUT2D eigenvalue weighted by molar-refractivity contribution is 0.112. The van der Waals surface area contributed by atoms with Crippen molar-refractivity contribution in [3.8, 4) is 0 Å². The van der Waals surface area contributed by atoms with Crippen LogP contribution in [0.4, 0.5) is 0 Å². The molecule has 0 radical (unpaired) electrons. The first-order valence-corrected chi connectivity index (χ1v) is 4.27. The van der Waals surface area contributed by atoms with Crippen LogP contribution in [0.2, 0.25) is 0 Å². The molecule has 0 fully saturated rings. The van der Waals surface area contributed by atoms with Crippen LogP contribution < -0.4 is 0 Å². The summed E-state index contributed by atoms with van der Waals surface area (Å²) in [4.78, 5) is 10.7. The number of rotatable bonds is 2. The molecule has 0 aliphatic heterocycles. The highest BCUT2D eigenvalue weighted by atomic mass is 16.1. The second kappa shape index (κ2) is 3.01. The van der Waals surface area contributed by atoms with Gasteiger partial charge in [-0.3, -0.25) is 9.89 Å². The summed E-state index contributed by atoms with van der Waals surface area (Å²) in [6.07, 6.45) is 3.57. The van der Waals surface area contributed by atoms with Gasteiger partial charge in [0.15, 0.2) is 6.29 Å². The monoisotopic (exact) mass is 174 g/mol. The van der Waals surface area contributed by atoms with Crippen LogP contribution in [-0.4, -0.2) is 16.5 Å². The SMILES string of the molecule is CCc1ccc(C=O)c2[nH]ncc12. The van der Waals surface area contributed by atoms with E-state index in [1.807, 2.05) is 12.1 Å². The normalized spacial score (nSPS) is 10.5. The van der Waals surface area contributed by atoms with Crippen LogP contribution >= 0.6 is 0 Å². The number of hydrogen-bond donors (Lipinski definition) is 1. The van der Waals surface area contributed by atoms with Crippen molar-refractivity contribution in [2.24, 2.45) is 0 Å². The van der Waals surface area contributed by atoms with Crippen molar-refractivity contribution in [3.05, 3.63) is 29.5 Å². The Labute approximate surface area is 75.8 Å². The van der Waals surface area contributed by atoms with Crippen LogP contribution in [0.5, 0.6) is 0 Å². The third kappa shape index (κ3) is 1.13. The first-order chi connectivity index (χ1) is 6.36. The van der Waals surface area contributed by atoms with Gasteiger partial charge in [0.1, 0.15) is 0 Å². The summed E-state index contributed by atoms with van der Waals surface area (Å²) in [5.41, 5.74) is 2.73. The standard InChI is InChI=1S/C10H10N2O/c1-2-7-3-4-8(6-13)10-9(7)5-11-12-10/h3-6H,2H2,1H3,(H,11,12). The average Bonchev–Trinajstić information content (AvgIpc) is 2.64. The number of nitrogens with zero attached hydrogens (tertiary/aromatic N) is 1. The quantitative estimate of drug-likeness (QED) is 0.707. The molecule has 0 unspecified atom stereocenters. The van der Waals surface area contributed by atoms with E-state index in [0.29, 0.717) is 5.56 Å². The lowest BCUT2D eigenvalue weighted by Gasteiger charge is -1.99. The van der Waals surface area contributed by atoms with Crippen LogP contribution in [-0.2, 0) is 6.42 Å². The maximum Gasteiger partial charge on any atom is 0.152 e. The predicted octanol–water partition coefficient (Wildman–Crippen LogP) is 1.94. The maximum absolute atomic E-state index is 10.7. The predicted molar refractivity (Wildman–Crippen MR) is 50.9 cm³/mol. The molecule has 3 nitrogen and oxygen atoms in total. The van der Waals surface area contributed by atoms with Gasteiger partial charge in [-0.05, 0) is 18.1 Å². The van der Waals surface area contributed by atoms with Gasteiger partial charge in [0.05, 0.1) is 11.7 Å². The van der Waals surface area contributed by atoms with Crippen LogP contribution in [0.1, 0.15) is 22.8 Å². The van der Waals surface area contributed by atoms with Crippen molar-refractivity contribution in [2.45, 2.75) is 13.3 Å². The summed E-state index contributed by atoms with van der Waals surface area (Å²) in [5, 5.41) is 7.82. The molecule has 0 aliphatic carbocycles. The van der Waals surface area contributed by atoms with Crippen molar-refractivity contribution < 1.29 is 4.79 Å². The highest BCUT2D eigenvalue weighted by Crippen LogP contribution is 2.19. The topological polar surface area (TPSA) is 45.8 Å². The summed E-state index contributed by atoms with van der Waals surface area (Å²) in [6, 6.07) is 3.80. The Hall–Kier alpha value is -1.64. The summed E-state index contributed by atoms with van der Waals surface area (Å²) in [7, 11) is 0. The number of carbonyl (C=O) groups is 1. The molecular formula is C10H10N2O. The fourth-order valence-electron chi connectivity index (χ4n) is 1.52. The molecule has 0 saturated carbocycles. The highest BCUT2D eigenvalue weighted by Gasteiger charge is 2.05. The molecule has 13 heavy (non-hydrogen) atoms. The molecule has 1 N–H and O–H groups in total. The zero-order valence-corrected chi connectivity index (χ0v) is 7.37. The summed E-state index contributed by atoms with van der Waals surface area (Å²) in [6.45, 7) is 2.09. The number of fused-ring (bicyclic) bond motifs is 1. The first-order valence-electron chi connectivity index (χ1n) is 4.27. The van der Waals surface area contributed by atoms with Crippen molar-refractivity contribution in [3.63, 3.8) is 0 Å². The van der Waals surface area contributed by atoms with Crippen LogP contribution in [0.3, 0.4) is 0 Å². The summed E-state index contributed by atoms with van der Waals surface area (Å²) in [5.74, 6) is 0. The highest BCUT2D eigenvalue weighted by molar-refractivity contribution is 5.96. The second-order valence-corrected chi connectivity index (χ2v) is 2.94. The minimum atomic E-state index is 0.671. The van der Waals surface area contributed by atoms with Crippen LogP contribution in [0.15, 0.2) is 18.3 Å². The van der Waals surface area contributed by atoms with Crippen molar-refractivity contribution in [1.29, 1.82) is 0 Å². The number of H-pyrrole nitrogens is 1. The van der Waals surface area contributed by atoms with Crippen molar-refractivity contribution in [1.82, 2.24) is 10.2 Å². The Morgan fingerprint density at radius 2 is 2.38 bits per heavy atom. The number of nitrogens with one attached hydrogen (secondary N) is 1. The number of benzene rings is 1. The Bertz CT molecular complexity index is 445. The van der Waals surface area contributed by atoms with Gasteiger partial charge in [-0.2, -0.15) is 5.10 Å². The second-order valence-electron chi connectivity index (χ2n) is 2.94. The smallest absolute Gasteiger partial charge is 0.152 e. The third-order valence-electron chi connectivity index (χ3n) is 2.25. The van der Waals surface area contributed by atoms with Gasteiger partial charge >= 0.3 is 0 Å². The molecule has 3 heteroatoms. The summed E-state index contributed by atoms with van der Waals surface area (Å²) >= 11 is 0. The molecule has 0 spiro atoms. The summed E-state index contributed by atoms with van der Waals surface area (Å²) < 4.78 is 0. The van der Waals surface area contributed by atoms with Gasteiger partial charge < -0.3 is 0 Å². The molecule has 2 aromatic rings. The van der Waals surface area contributed by atoms with E-state index in [9.17, 15) is 4.79 Å². The van der Waals surface area contributed by atoms with Gasteiger partial charge in [0.25, 0.3) is 0 Å². The van der Waals surface area contributed by atoms with E-state index in [0.717, 1.165) is 23.6 Å². The van der Waals surface area contributed by atoms with E-state index in [4.69, 9.17) is 0 Å². The molecule has 0 atom stereocenters. The minimum Gasteiger partial charge on any atom is -0.298 e. The Kier molecular flexibility index (Phi) is 1.85. The fraction of sp³-hybridized carbons (Fsp3) is 0.200. The number of carbonyl (C=O) groups excluding carboxylic acids is 1. The van der Waals surface area contributed by atoms with E-state index >= 15 is 0 Å². The zero-order chi connectivity index (χ0) is 9.26. The number of aromatic nitrogens is 2. The van der Waals surface area contributed by atoms with E-state index in [1.165, 1.54) is 5.56 Å². The Morgan fingerprint density at radius 3 is 3.08 bits per heavy atom.